The van der Waals surface area contributed by atoms with Gasteiger partial charge in [0.05, 0.1) is 0 Å². The van der Waals surface area contributed by atoms with E-state index >= 15 is 0 Å². The van der Waals surface area contributed by atoms with E-state index in [1.165, 1.54) is 18.7 Å². The molecule has 144 valence electrons. The van der Waals surface area contributed by atoms with Gasteiger partial charge in [0.2, 0.25) is 11.8 Å². The van der Waals surface area contributed by atoms with Gasteiger partial charge in [-0.3, -0.25) is 14.4 Å². The number of carbonyl (C=O) groups excluding carboxylic acids is 3. The number of benzene rings is 1. The molecule has 1 aromatic rings. The molecule has 1 aromatic carbocycles. The Balaban J connectivity index is 1.98. The summed E-state index contributed by atoms with van der Waals surface area (Å²) in [7, 11) is 0. The van der Waals surface area contributed by atoms with E-state index in [9.17, 15) is 14.4 Å². The van der Waals surface area contributed by atoms with Crippen molar-refractivity contribution in [3.8, 4) is 0 Å². The topological polar surface area (TPSA) is 100.0 Å². The summed E-state index contributed by atoms with van der Waals surface area (Å²) >= 11 is 1.19. The van der Waals surface area contributed by atoms with Crippen molar-refractivity contribution in [2.45, 2.75) is 46.3 Å². The van der Waals surface area contributed by atoms with E-state index in [4.69, 9.17) is 0 Å². The molecule has 1 fully saturated rings. The van der Waals surface area contributed by atoms with Gasteiger partial charge in [0.25, 0.3) is 0 Å². The highest BCUT2D eigenvalue weighted by molar-refractivity contribution is 8.15. The Kier molecular flexibility index (Phi) is 6.54. The van der Waals surface area contributed by atoms with E-state index in [0.29, 0.717) is 16.4 Å². The molecule has 2 N–H and O–H groups in total. The summed E-state index contributed by atoms with van der Waals surface area (Å²) in [5.74, 6) is -0.655. The fourth-order valence-electron chi connectivity index (χ4n) is 2.05. The van der Waals surface area contributed by atoms with Gasteiger partial charge in [0.1, 0.15) is 5.25 Å². The summed E-state index contributed by atoms with van der Waals surface area (Å²) in [5.41, 5.74) is 1.78. The van der Waals surface area contributed by atoms with Crippen LogP contribution in [0.4, 0.5) is 5.69 Å². The number of nitrogens with one attached hydrogen (secondary N) is 2. The number of anilines is 1. The highest BCUT2D eigenvalue weighted by Crippen LogP contribution is 2.24. The smallest absolute Gasteiger partial charge is 0.240 e. The number of Topliss-reactive ketones (excluding diaryl/α,β-unsaturated/α-hetero) is 1. The van der Waals surface area contributed by atoms with Gasteiger partial charge < -0.3 is 10.6 Å². The third-order valence-electron chi connectivity index (χ3n) is 4.08. The predicted octanol–water partition coefficient (Wildman–Crippen LogP) is 3.23. The number of ketones is 1. The second-order valence-electron chi connectivity index (χ2n) is 7.33. The minimum Gasteiger partial charge on any atom is -0.326 e. The van der Waals surface area contributed by atoms with Gasteiger partial charge in [-0.15, -0.1) is 5.10 Å². The fraction of sp³-hybridized carbons (Fsp3) is 0.421. The van der Waals surface area contributed by atoms with Crippen LogP contribution in [0.25, 0.3) is 0 Å². The molecule has 1 aliphatic rings. The van der Waals surface area contributed by atoms with E-state index in [2.05, 4.69) is 20.8 Å². The average molecular weight is 388 g/mol. The largest absolute Gasteiger partial charge is 0.326 e. The lowest BCUT2D eigenvalue weighted by Gasteiger charge is -2.16. The van der Waals surface area contributed by atoms with Crippen molar-refractivity contribution in [1.82, 2.24) is 5.32 Å². The molecule has 0 saturated carbocycles. The van der Waals surface area contributed by atoms with Gasteiger partial charge in [-0.05, 0) is 26.0 Å². The molecule has 8 heteroatoms. The molecule has 0 bridgehead atoms. The van der Waals surface area contributed by atoms with Gasteiger partial charge in [0, 0.05) is 28.8 Å². The first-order valence-corrected chi connectivity index (χ1v) is 9.45. The monoisotopic (exact) mass is 388 g/mol. The molecule has 2 amide bonds. The number of thioether (sulfide) groups is 1. The Hall–Kier alpha value is -2.48. The molecule has 0 aromatic heterocycles. The van der Waals surface area contributed by atoms with Crippen molar-refractivity contribution in [1.29, 1.82) is 0 Å². The zero-order valence-electron chi connectivity index (χ0n) is 16.1. The van der Waals surface area contributed by atoms with Crippen molar-refractivity contribution in [2.75, 3.05) is 5.32 Å². The fourth-order valence-corrected chi connectivity index (χ4v) is 2.97. The Bertz CT molecular complexity index is 824. The highest BCUT2D eigenvalue weighted by Gasteiger charge is 2.32. The van der Waals surface area contributed by atoms with E-state index in [1.807, 2.05) is 27.7 Å². The maximum Gasteiger partial charge on any atom is 0.240 e. The molecule has 0 unspecified atom stereocenters. The van der Waals surface area contributed by atoms with Crippen LogP contribution in [0.5, 0.6) is 0 Å². The molecule has 2 rings (SSSR count). The maximum atomic E-state index is 12.2. The predicted molar refractivity (Wildman–Crippen MR) is 109 cm³/mol. The van der Waals surface area contributed by atoms with Crippen LogP contribution >= 0.6 is 11.8 Å². The van der Waals surface area contributed by atoms with Crippen LogP contribution in [-0.2, 0) is 9.59 Å². The molecule has 1 heterocycles. The number of hydrogen-bond acceptors (Lipinski definition) is 6. The molecule has 0 aliphatic carbocycles. The first-order valence-electron chi connectivity index (χ1n) is 8.57. The van der Waals surface area contributed by atoms with E-state index < -0.39 is 5.25 Å². The normalized spacial score (nSPS) is 19.1. The molecular formula is C19H24N4O3S. The molecule has 27 heavy (non-hydrogen) atoms. The third-order valence-corrected chi connectivity index (χ3v) is 5.15. The minimum absolute atomic E-state index is 0.00177. The van der Waals surface area contributed by atoms with Crippen molar-refractivity contribution in [2.24, 2.45) is 15.6 Å². The Morgan fingerprint density at radius 2 is 1.96 bits per heavy atom. The summed E-state index contributed by atoms with van der Waals surface area (Å²) in [6.07, 6.45) is 0.00177. The Morgan fingerprint density at radius 1 is 1.26 bits per heavy atom. The van der Waals surface area contributed by atoms with Crippen LogP contribution in [0, 0.1) is 5.41 Å². The van der Waals surface area contributed by atoms with Gasteiger partial charge >= 0.3 is 0 Å². The second kappa shape index (κ2) is 8.47. The summed E-state index contributed by atoms with van der Waals surface area (Å²) in [6.45, 7) is 9.43. The van der Waals surface area contributed by atoms with Crippen LogP contribution in [-0.4, -0.2) is 33.7 Å². The van der Waals surface area contributed by atoms with Crippen molar-refractivity contribution in [3.05, 3.63) is 29.8 Å². The van der Waals surface area contributed by atoms with Gasteiger partial charge in [0.15, 0.2) is 11.0 Å². The Morgan fingerprint density at radius 3 is 2.59 bits per heavy atom. The lowest BCUT2D eigenvalue weighted by atomic mass is 9.91. The number of hydrogen-bond donors (Lipinski definition) is 2. The quantitative estimate of drug-likeness (QED) is 0.459. The van der Waals surface area contributed by atoms with Gasteiger partial charge in [-0.25, -0.2) is 0 Å². The lowest BCUT2D eigenvalue weighted by molar-refractivity contribution is -0.122. The molecular weight excluding hydrogens is 364 g/mol. The van der Waals surface area contributed by atoms with Crippen LogP contribution in [0.3, 0.4) is 0 Å². The Labute approximate surface area is 163 Å². The SMILES string of the molecule is CC(=O)c1cccc(NC(=O)C[C@@H]2S/C(=N/N=C(/C)C(C)(C)C)NC2=O)c1. The summed E-state index contributed by atoms with van der Waals surface area (Å²) in [4.78, 5) is 35.7. The molecule has 0 radical (unpaired) electrons. The molecule has 1 atom stereocenters. The van der Waals surface area contributed by atoms with Gasteiger partial charge in [-0.2, -0.15) is 5.10 Å². The van der Waals surface area contributed by atoms with Crippen LogP contribution < -0.4 is 10.6 Å². The molecule has 0 spiro atoms. The number of nitrogens with zero attached hydrogens (tertiary/aromatic N) is 2. The molecule has 7 nitrogen and oxygen atoms in total. The van der Waals surface area contributed by atoms with Gasteiger partial charge in [-0.1, -0.05) is 44.7 Å². The van der Waals surface area contributed by atoms with E-state index in [1.54, 1.807) is 24.3 Å². The summed E-state index contributed by atoms with van der Waals surface area (Å²) in [6, 6.07) is 6.69. The summed E-state index contributed by atoms with van der Waals surface area (Å²) < 4.78 is 0. The first-order chi connectivity index (χ1) is 12.6. The first kappa shape index (κ1) is 20.8. The van der Waals surface area contributed by atoms with Crippen LogP contribution in [0.15, 0.2) is 34.5 Å². The molecule has 1 saturated heterocycles. The molecule has 1 aliphatic heterocycles. The van der Waals surface area contributed by atoms with Crippen molar-refractivity contribution < 1.29 is 14.4 Å². The van der Waals surface area contributed by atoms with Crippen LogP contribution in [0.2, 0.25) is 0 Å². The maximum absolute atomic E-state index is 12.2. The minimum atomic E-state index is -0.565. The van der Waals surface area contributed by atoms with E-state index in [0.717, 1.165) is 5.71 Å². The zero-order chi connectivity index (χ0) is 20.2. The van der Waals surface area contributed by atoms with Crippen molar-refractivity contribution in [3.63, 3.8) is 0 Å². The van der Waals surface area contributed by atoms with Crippen LogP contribution in [0.1, 0.15) is 51.4 Å². The standard InChI is InChI=1S/C19H24N4O3S/c1-11(24)13-7-6-8-14(9-13)20-16(25)10-15-17(26)21-18(27-15)23-22-12(2)19(3,4)5/h6-9,15H,10H2,1-5H3,(H,20,25)(H,21,23,26)/b22-12-/t15-/m0/s1. The summed E-state index contributed by atoms with van der Waals surface area (Å²) in [5, 5.41) is 13.4. The lowest BCUT2D eigenvalue weighted by Crippen LogP contribution is -2.28. The third kappa shape index (κ3) is 6.02. The highest BCUT2D eigenvalue weighted by atomic mass is 32.2. The second-order valence-corrected chi connectivity index (χ2v) is 8.52. The van der Waals surface area contributed by atoms with Crippen molar-refractivity contribution >= 4 is 45.9 Å². The number of amidine groups is 1. The average Bonchev–Trinajstić information content (AvgIpc) is 2.91. The van der Waals surface area contributed by atoms with E-state index in [-0.39, 0.29) is 29.4 Å². The number of amides is 2. The zero-order valence-corrected chi connectivity index (χ0v) is 16.9. The number of rotatable bonds is 5. The number of carbonyl (C=O) groups is 3.